The third-order valence-electron chi connectivity index (χ3n) is 4.96. The first kappa shape index (κ1) is 19.9. The number of ether oxygens (including phenoxy) is 3. The standard InChI is InChI=1S/C18H26N2O6S/c1-24-16-5-3-4-15(14-16)20(27(2,22)23)9-6-17(21)19-10-7-18(8-11-19)25-12-13-26-18/h3-5,14H,6-13H2,1-2H3. The van der Waals surface area contributed by atoms with Gasteiger partial charge in [-0.15, -0.1) is 0 Å². The van der Waals surface area contributed by atoms with Crippen LogP contribution in [0.15, 0.2) is 24.3 Å². The molecule has 0 N–H and O–H groups in total. The Bertz CT molecular complexity index is 766. The number of piperidine rings is 1. The maximum Gasteiger partial charge on any atom is 0.232 e. The van der Waals surface area contributed by atoms with Crippen molar-refractivity contribution < 1.29 is 27.4 Å². The topological polar surface area (TPSA) is 85.4 Å². The number of hydrogen-bond acceptors (Lipinski definition) is 6. The molecular formula is C18H26N2O6S. The number of amides is 1. The van der Waals surface area contributed by atoms with E-state index in [9.17, 15) is 13.2 Å². The summed E-state index contributed by atoms with van der Waals surface area (Å²) >= 11 is 0. The third-order valence-corrected chi connectivity index (χ3v) is 6.16. The molecule has 0 bridgehead atoms. The molecule has 27 heavy (non-hydrogen) atoms. The van der Waals surface area contributed by atoms with Crippen LogP contribution in [0.3, 0.4) is 0 Å². The van der Waals surface area contributed by atoms with Crippen LogP contribution in [0.4, 0.5) is 5.69 Å². The fraction of sp³-hybridized carbons (Fsp3) is 0.611. The van der Waals surface area contributed by atoms with Gasteiger partial charge in [-0.1, -0.05) is 6.07 Å². The Morgan fingerprint density at radius 3 is 2.52 bits per heavy atom. The molecule has 3 rings (SSSR count). The first-order valence-corrected chi connectivity index (χ1v) is 10.9. The molecule has 1 aromatic rings. The summed E-state index contributed by atoms with van der Waals surface area (Å²) in [5, 5.41) is 0. The summed E-state index contributed by atoms with van der Waals surface area (Å²) in [6, 6.07) is 6.80. The molecule has 1 aromatic carbocycles. The molecule has 0 atom stereocenters. The van der Waals surface area contributed by atoms with Crippen molar-refractivity contribution in [3.05, 3.63) is 24.3 Å². The molecule has 1 amide bonds. The Kier molecular flexibility index (Phi) is 5.92. The second-order valence-electron chi connectivity index (χ2n) is 6.78. The van der Waals surface area contributed by atoms with E-state index in [1.54, 1.807) is 29.2 Å². The van der Waals surface area contributed by atoms with Crippen LogP contribution in [0, 0.1) is 0 Å². The van der Waals surface area contributed by atoms with Crippen molar-refractivity contribution in [1.82, 2.24) is 4.90 Å². The Morgan fingerprint density at radius 2 is 1.93 bits per heavy atom. The second kappa shape index (κ2) is 8.04. The zero-order valence-electron chi connectivity index (χ0n) is 15.7. The number of hydrogen-bond donors (Lipinski definition) is 0. The van der Waals surface area contributed by atoms with E-state index >= 15 is 0 Å². The summed E-state index contributed by atoms with van der Waals surface area (Å²) in [6.07, 6.45) is 2.53. The Hall–Kier alpha value is -1.84. The molecule has 2 heterocycles. The highest BCUT2D eigenvalue weighted by molar-refractivity contribution is 7.92. The molecule has 0 radical (unpaired) electrons. The first-order chi connectivity index (χ1) is 12.8. The van der Waals surface area contributed by atoms with Crippen molar-refractivity contribution in [2.45, 2.75) is 25.0 Å². The third kappa shape index (κ3) is 4.72. The number of carbonyl (C=O) groups is 1. The molecule has 2 fully saturated rings. The van der Waals surface area contributed by atoms with Crippen molar-refractivity contribution in [2.24, 2.45) is 0 Å². The van der Waals surface area contributed by atoms with Crippen LogP contribution in [-0.2, 0) is 24.3 Å². The van der Waals surface area contributed by atoms with E-state index in [2.05, 4.69) is 0 Å². The van der Waals surface area contributed by atoms with E-state index in [-0.39, 0.29) is 18.9 Å². The van der Waals surface area contributed by atoms with Gasteiger partial charge in [-0.05, 0) is 12.1 Å². The molecule has 0 unspecified atom stereocenters. The van der Waals surface area contributed by atoms with Crippen molar-refractivity contribution in [2.75, 3.05) is 50.5 Å². The lowest BCUT2D eigenvalue weighted by Crippen LogP contribution is -2.48. The van der Waals surface area contributed by atoms with Gasteiger partial charge >= 0.3 is 0 Å². The van der Waals surface area contributed by atoms with Crippen LogP contribution >= 0.6 is 0 Å². The van der Waals surface area contributed by atoms with Crippen LogP contribution in [0.1, 0.15) is 19.3 Å². The zero-order chi connectivity index (χ0) is 19.5. The Morgan fingerprint density at radius 1 is 1.26 bits per heavy atom. The van der Waals surface area contributed by atoms with Crippen molar-refractivity contribution in [3.63, 3.8) is 0 Å². The smallest absolute Gasteiger partial charge is 0.232 e. The minimum atomic E-state index is -3.52. The highest BCUT2D eigenvalue weighted by Gasteiger charge is 2.40. The predicted octanol–water partition coefficient (Wildman–Crippen LogP) is 1.22. The highest BCUT2D eigenvalue weighted by Crippen LogP contribution is 2.31. The Balaban J connectivity index is 1.61. The molecule has 2 aliphatic rings. The number of benzene rings is 1. The monoisotopic (exact) mass is 398 g/mol. The van der Waals surface area contributed by atoms with Crippen LogP contribution in [0.25, 0.3) is 0 Å². The van der Waals surface area contributed by atoms with Crippen molar-refractivity contribution >= 4 is 21.6 Å². The lowest BCUT2D eigenvalue weighted by atomic mass is 10.0. The second-order valence-corrected chi connectivity index (χ2v) is 8.68. The summed E-state index contributed by atoms with van der Waals surface area (Å²) in [4.78, 5) is 14.3. The molecule has 2 aliphatic heterocycles. The number of carbonyl (C=O) groups excluding carboxylic acids is 1. The highest BCUT2D eigenvalue weighted by atomic mass is 32.2. The summed E-state index contributed by atoms with van der Waals surface area (Å²) in [6.45, 7) is 2.38. The van der Waals surface area contributed by atoms with Gasteiger partial charge in [0.25, 0.3) is 0 Å². The van der Waals surface area contributed by atoms with Crippen LogP contribution in [-0.4, -0.2) is 71.2 Å². The maximum absolute atomic E-state index is 12.6. The number of likely N-dealkylation sites (tertiary alicyclic amines) is 1. The summed E-state index contributed by atoms with van der Waals surface area (Å²) < 4.78 is 42.2. The van der Waals surface area contributed by atoms with Gasteiger partial charge in [0.1, 0.15) is 5.75 Å². The normalized spacial score (nSPS) is 19.3. The van der Waals surface area contributed by atoms with Gasteiger partial charge in [0.15, 0.2) is 5.79 Å². The van der Waals surface area contributed by atoms with Gasteiger partial charge < -0.3 is 19.1 Å². The summed E-state index contributed by atoms with van der Waals surface area (Å²) in [5.41, 5.74) is 0.481. The average Bonchev–Trinajstić information content (AvgIpc) is 3.09. The van der Waals surface area contributed by atoms with E-state index in [0.29, 0.717) is 50.6 Å². The van der Waals surface area contributed by atoms with Gasteiger partial charge in [0, 0.05) is 45.0 Å². The van der Waals surface area contributed by atoms with E-state index in [0.717, 1.165) is 6.26 Å². The van der Waals surface area contributed by atoms with E-state index in [1.165, 1.54) is 11.4 Å². The number of anilines is 1. The molecular weight excluding hydrogens is 372 g/mol. The molecule has 2 saturated heterocycles. The number of sulfonamides is 1. The minimum absolute atomic E-state index is 0.0700. The molecule has 9 heteroatoms. The lowest BCUT2D eigenvalue weighted by Gasteiger charge is -2.37. The van der Waals surface area contributed by atoms with Crippen LogP contribution < -0.4 is 9.04 Å². The number of methoxy groups -OCH3 is 1. The molecule has 0 aromatic heterocycles. The molecule has 0 saturated carbocycles. The van der Waals surface area contributed by atoms with Gasteiger partial charge in [-0.2, -0.15) is 0 Å². The van der Waals surface area contributed by atoms with E-state index in [1.807, 2.05) is 0 Å². The number of nitrogens with zero attached hydrogens (tertiary/aromatic N) is 2. The fourth-order valence-electron chi connectivity index (χ4n) is 3.49. The first-order valence-electron chi connectivity index (χ1n) is 9.00. The summed E-state index contributed by atoms with van der Waals surface area (Å²) in [5.74, 6) is -0.0411. The van der Waals surface area contributed by atoms with Gasteiger partial charge in [0.05, 0.1) is 32.3 Å². The predicted molar refractivity (Wildman–Crippen MR) is 100 cm³/mol. The van der Waals surface area contributed by atoms with Crippen molar-refractivity contribution in [3.8, 4) is 5.75 Å². The quantitative estimate of drug-likeness (QED) is 0.716. The van der Waals surface area contributed by atoms with Crippen LogP contribution in [0.2, 0.25) is 0 Å². The average molecular weight is 398 g/mol. The summed E-state index contributed by atoms with van der Waals surface area (Å²) in [7, 11) is -2.00. The van der Waals surface area contributed by atoms with Crippen LogP contribution in [0.5, 0.6) is 5.75 Å². The van der Waals surface area contributed by atoms with E-state index in [4.69, 9.17) is 14.2 Å². The fourth-order valence-corrected chi connectivity index (χ4v) is 4.41. The minimum Gasteiger partial charge on any atom is -0.497 e. The number of rotatable bonds is 6. The molecule has 0 aliphatic carbocycles. The largest absolute Gasteiger partial charge is 0.497 e. The lowest BCUT2D eigenvalue weighted by molar-refractivity contribution is -0.187. The Labute approximate surface area is 160 Å². The van der Waals surface area contributed by atoms with Crippen molar-refractivity contribution in [1.29, 1.82) is 0 Å². The maximum atomic E-state index is 12.6. The molecule has 1 spiro atoms. The molecule has 150 valence electrons. The van der Waals surface area contributed by atoms with Gasteiger partial charge in [-0.25, -0.2) is 8.42 Å². The van der Waals surface area contributed by atoms with Gasteiger partial charge in [-0.3, -0.25) is 9.10 Å². The van der Waals surface area contributed by atoms with Gasteiger partial charge in [0.2, 0.25) is 15.9 Å². The molecule has 8 nitrogen and oxygen atoms in total. The van der Waals surface area contributed by atoms with E-state index < -0.39 is 15.8 Å². The zero-order valence-corrected chi connectivity index (χ0v) is 16.5. The SMILES string of the molecule is COc1cccc(N(CCC(=O)N2CCC3(CC2)OCCO3)S(C)(=O)=O)c1.